The molecule has 0 spiro atoms. The van der Waals surface area contributed by atoms with Crippen molar-refractivity contribution in [2.75, 3.05) is 26.4 Å². The molecule has 430 valence electrons. The first-order valence-electron chi connectivity index (χ1n) is 25.6. The van der Waals surface area contributed by atoms with Gasteiger partial charge in [-0.15, -0.1) is 0 Å². The maximum Gasteiger partial charge on any atom is 0.509 e. The Hall–Kier alpha value is -5.39. The molecule has 3 fully saturated rings. The highest BCUT2D eigenvalue weighted by molar-refractivity contribution is 7.80. The van der Waals surface area contributed by atoms with E-state index >= 15 is 9.59 Å². The quantitative estimate of drug-likeness (QED) is 0.0450. The van der Waals surface area contributed by atoms with Crippen molar-refractivity contribution in [2.45, 2.75) is 151 Å². The molecule has 7 rings (SSSR count). The Kier molecular flexibility index (Phi) is 18.6. The second-order valence-electron chi connectivity index (χ2n) is 21.7. The number of nitrogens with zero attached hydrogens (tertiary/aromatic N) is 2. The van der Waals surface area contributed by atoms with Crippen LogP contribution in [0.1, 0.15) is 104 Å². The van der Waals surface area contributed by atoms with Gasteiger partial charge in [0.1, 0.15) is 48.6 Å². The lowest BCUT2D eigenvalue weighted by molar-refractivity contribution is -0.344. The summed E-state index contributed by atoms with van der Waals surface area (Å²) in [4.78, 5) is 92.3. The average molecular weight is 1180 g/mol. The standard InChI is InChI=1S/C55H66Cl3N3O17S/c1-11-69-30(2)26-70-41(39(33-18-14-12-15-19-33)60-47(66)78-50(5,6)7)46(65)73-35-25-54(68)44(76-45(64)34-20-16-13-17-21-34)42-52(10,43(63)40(38(31(35)3)51(54,8)9)75-49(67)72-28-55(56,57)58)36(74-48(79)61-23-22-59-29-61)24-37-53(42,27-71-37)77-32(4)62/h12-23,29-30,35-37,39-42,44,68H,11,24-28H2,1-10H3,(H,60,66)/t30?,35-,36-,37+,39-,40+,41+,42-,44-,52+,53-,54+/m0/s1. The van der Waals surface area contributed by atoms with Crippen molar-refractivity contribution < 1.29 is 81.2 Å². The van der Waals surface area contributed by atoms with Crippen molar-refractivity contribution in [2.24, 2.45) is 16.7 Å². The van der Waals surface area contributed by atoms with Crippen LogP contribution in [0.25, 0.3) is 0 Å². The monoisotopic (exact) mass is 1180 g/mol. The number of carbonyl (C=O) groups excluding carboxylic acids is 6. The predicted molar refractivity (Wildman–Crippen MR) is 288 cm³/mol. The number of ether oxygens (including phenoxy) is 10. The Labute approximate surface area is 478 Å². The third-order valence-corrected chi connectivity index (χ3v) is 15.6. The number of carbonyl (C=O) groups is 6. The maximum absolute atomic E-state index is 16.6. The lowest BCUT2D eigenvalue weighted by Crippen LogP contribution is -2.82. The van der Waals surface area contributed by atoms with Crippen molar-refractivity contribution in [3.63, 3.8) is 0 Å². The molecular weight excluding hydrogens is 1110 g/mol. The van der Waals surface area contributed by atoms with E-state index in [-0.39, 0.29) is 41.5 Å². The van der Waals surface area contributed by atoms with Crippen molar-refractivity contribution in [3.05, 3.63) is 102 Å². The highest BCUT2D eigenvalue weighted by atomic mass is 35.6. The van der Waals surface area contributed by atoms with Gasteiger partial charge in [-0.3, -0.25) is 14.2 Å². The van der Waals surface area contributed by atoms with E-state index in [0.717, 1.165) is 6.92 Å². The smallest absolute Gasteiger partial charge is 0.466 e. The van der Waals surface area contributed by atoms with E-state index in [2.05, 4.69) is 10.3 Å². The maximum atomic E-state index is 16.6. The number of amides is 1. The van der Waals surface area contributed by atoms with Crippen LogP contribution in [0.2, 0.25) is 0 Å². The van der Waals surface area contributed by atoms with Gasteiger partial charge >= 0.3 is 30.2 Å². The second-order valence-corrected chi connectivity index (χ2v) is 24.6. The number of alkyl halides is 3. The summed E-state index contributed by atoms with van der Waals surface area (Å²) >= 11 is 23.8. The number of esters is 3. The lowest BCUT2D eigenvalue weighted by Gasteiger charge is -2.67. The molecule has 20 nitrogen and oxygen atoms in total. The summed E-state index contributed by atoms with van der Waals surface area (Å²) < 4.78 is 60.7. The number of imidazole rings is 1. The number of hydrogen-bond acceptors (Lipinski definition) is 19. The largest absolute Gasteiger partial charge is 0.509 e. The molecule has 2 N–H and O–H groups in total. The van der Waals surface area contributed by atoms with E-state index in [1.165, 1.54) is 63.1 Å². The minimum atomic E-state index is -2.54. The van der Waals surface area contributed by atoms with Crippen molar-refractivity contribution in [1.29, 1.82) is 0 Å². The number of fused-ring (bicyclic) bond motifs is 5. The summed E-state index contributed by atoms with van der Waals surface area (Å²) in [7, 11) is 0. The fourth-order valence-corrected chi connectivity index (χ4v) is 11.7. The minimum absolute atomic E-state index is 0.0289. The molecule has 2 heterocycles. The highest BCUT2D eigenvalue weighted by Gasteiger charge is 2.79. The van der Waals surface area contributed by atoms with E-state index in [1.807, 2.05) is 0 Å². The first kappa shape index (κ1) is 61.2. The number of aliphatic hydroxyl groups is 1. The summed E-state index contributed by atoms with van der Waals surface area (Å²) in [5.41, 5.74) is -9.05. The number of alkyl carbamates (subject to hydrolysis) is 1. The topological polar surface area (TPSA) is 245 Å². The third-order valence-electron chi connectivity index (χ3n) is 15.0. The van der Waals surface area contributed by atoms with Gasteiger partial charge in [-0.05, 0) is 89.5 Å². The molecule has 3 aromatic rings. The minimum Gasteiger partial charge on any atom is -0.466 e. The molecule has 2 saturated carbocycles. The molecule has 24 heteroatoms. The molecule has 12 atom stereocenters. The first-order valence-corrected chi connectivity index (χ1v) is 27.1. The summed E-state index contributed by atoms with van der Waals surface area (Å²) in [6.45, 7) is 14.5. The first-order chi connectivity index (χ1) is 37.0. The number of Topliss-reactive ketones (excluding diaryl/α,β-unsaturated/α-hetero) is 1. The van der Waals surface area contributed by atoms with Gasteiger partial charge in [0.2, 0.25) is 3.79 Å². The number of hydrogen-bond donors (Lipinski definition) is 2. The van der Waals surface area contributed by atoms with Crippen LogP contribution in [-0.4, -0.2) is 146 Å². The Morgan fingerprint density at radius 2 is 1.62 bits per heavy atom. The number of halogens is 3. The van der Waals surface area contributed by atoms with Crippen LogP contribution in [0.4, 0.5) is 9.59 Å². The molecule has 1 amide bonds. The van der Waals surface area contributed by atoms with Crippen molar-refractivity contribution >= 4 is 88.1 Å². The Morgan fingerprint density at radius 1 is 0.962 bits per heavy atom. The highest BCUT2D eigenvalue weighted by Crippen LogP contribution is 2.65. The summed E-state index contributed by atoms with van der Waals surface area (Å²) in [5.74, 6) is -5.52. The molecule has 1 aliphatic heterocycles. The fourth-order valence-electron chi connectivity index (χ4n) is 11.3. The van der Waals surface area contributed by atoms with E-state index < -0.39 is 135 Å². The normalized spacial score (nSPS) is 28.3. The molecule has 4 aliphatic rings. The fraction of sp³-hybridized carbons (Fsp3) is 0.564. The molecule has 2 aromatic carbocycles. The predicted octanol–water partition coefficient (Wildman–Crippen LogP) is 8.29. The van der Waals surface area contributed by atoms with Gasteiger partial charge in [-0.2, -0.15) is 0 Å². The van der Waals surface area contributed by atoms with Crippen LogP contribution in [-0.2, 0) is 61.8 Å². The number of benzene rings is 2. The number of thiocarbonyl (C=S) groups is 1. The molecule has 2 bridgehead atoms. The van der Waals surface area contributed by atoms with Gasteiger partial charge in [0.05, 0.1) is 42.3 Å². The molecule has 1 aromatic heterocycles. The summed E-state index contributed by atoms with van der Waals surface area (Å²) in [6, 6.07) is 15.0. The zero-order valence-corrected chi connectivity index (χ0v) is 48.4. The SMILES string of the molecule is CCOC(C)CO[C@@H](C(=O)O[C@H]1C[C@@]2(O)[C@@H](OC(=O)c3ccccc3)[C@@H]3[C@]4(OC(C)=O)CO[C@@H]4C[C@H](OC(=S)n4ccnc4)[C@@]3(C)C(=O)[C@H](OC(=O)OCC(Cl)(Cl)Cl)C(=C1C)C2(C)C)[C@@H](NC(=O)OC(C)(C)C)c1ccccc1. The van der Waals surface area contributed by atoms with Gasteiger partial charge in [0, 0.05) is 44.2 Å². The third kappa shape index (κ3) is 12.9. The molecule has 1 unspecified atom stereocenters. The van der Waals surface area contributed by atoms with Gasteiger partial charge in [-0.1, -0.05) is 97.2 Å². The van der Waals surface area contributed by atoms with Crippen LogP contribution in [0, 0.1) is 16.7 Å². The average Bonchev–Trinajstić information content (AvgIpc) is 3.20. The molecular formula is C55H66Cl3N3O17S. The summed E-state index contributed by atoms with van der Waals surface area (Å²) in [6.07, 6.45) is -9.32. The van der Waals surface area contributed by atoms with Crippen LogP contribution >= 0.6 is 47.0 Å². The number of aromatic nitrogens is 2. The van der Waals surface area contributed by atoms with Gasteiger partial charge in [-0.25, -0.2) is 24.2 Å². The lowest BCUT2D eigenvalue weighted by atomic mass is 9.44. The molecule has 3 aliphatic carbocycles. The van der Waals surface area contributed by atoms with Gasteiger partial charge in [0.25, 0.3) is 5.17 Å². The van der Waals surface area contributed by atoms with Crippen LogP contribution < -0.4 is 5.32 Å². The van der Waals surface area contributed by atoms with E-state index in [4.69, 9.17) is 94.4 Å². The van der Waals surface area contributed by atoms with E-state index in [0.29, 0.717) is 12.2 Å². The molecule has 79 heavy (non-hydrogen) atoms. The van der Waals surface area contributed by atoms with E-state index in [1.54, 1.807) is 83.1 Å². The Balaban J connectivity index is 1.48. The van der Waals surface area contributed by atoms with Crippen LogP contribution in [0.5, 0.6) is 0 Å². The second kappa shape index (κ2) is 24.0. The zero-order chi connectivity index (χ0) is 58.0. The molecule has 1 saturated heterocycles. The Morgan fingerprint density at radius 3 is 2.19 bits per heavy atom. The van der Waals surface area contributed by atoms with Gasteiger partial charge < -0.3 is 57.8 Å². The number of ketones is 1. The van der Waals surface area contributed by atoms with Crippen molar-refractivity contribution in [1.82, 2.24) is 14.9 Å². The van der Waals surface area contributed by atoms with Crippen LogP contribution in [0.3, 0.4) is 0 Å². The Bertz CT molecular complexity index is 2770. The van der Waals surface area contributed by atoms with Gasteiger partial charge in [0.15, 0.2) is 23.6 Å². The number of rotatable bonds is 16. The summed E-state index contributed by atoms with van der Waals surface area (Å²) in [5, 5.41) is 16.9. The number of nitrogens with one attached hydrogen (secondary N) is 1. The van der Waals surface area contributed by atoms with Crippen molar-refractivity contribution in [3.8, 4) is 0 Å². The van der Waals surface area contributed by atoms with E-state index in [9.17, 15) is 24.3 Å². The molecule has 0 radical (unpaired) electrons. The van der Waals surface area contributed by atoms with Crippen LogP contribution in [0.15, 0.2) is 90.5 Å². The zero-order valence-electron chi connectivity index (χ0n) is 45.4.